The molecular formula is C11H9BrF3N3. The first-order valence-electron chi connectivity index (χ1n) is 5.51. The van der Waals surface area contributed by atoms with Crippen LogP contribution in [0, 0.1) is 6.92 Å². The summed E-state index contributed by atoms with van der Waals surface area (Å²) >= 11 is 3.24. The topological polar surface area (TPSA) is 30.2 Å². The summed E-state index contributed by atoms with van der Waals surface area (Å²) in [5.74, 6) is 0.165. The molecule has 1 fully saturated rings. The maximum absolute atomic E-state index is 13.0. The lowest BCUT2D eigenvalue weighted by Gasteiger charge is -2.10. The van der Waals surface area contributed by atoms with Crippen LogP contribution in [-0.4, -0.2) is 14.6 Å². The van der Waals surface area contributed by atoms with E-state index < -0.39 is 11.9 Å². The number of alkyl halides is 3. The number of hydrogen-bond donors (Lipinski definition) is 0. The van der Waals surface area contributed by atoms with Crippen LogP contribution in [0.5, 0.6) is 0 Å². The van der Waals surface area contributed by atoms with E-state index in [0.29, 0.717) is 15.9 Å². The second-order valence-electron chi connectivity index (χ2n) is 4.47. The molecule has 7 heteroatoms. The lowest BCUT2D eigenvalue weighted by molar-refractivity contribution is -0.142. The first-order valence-corrected chi connectivity index (χ1v) is 6.30. The minimum atomic E-state index is -4.43. The molecule has 18 heavy (non-hydrogen) atoms. The van der Waals surface area contributed by atoms with Gasteiger partial charge in [-0.25, -0.2) is 9.50 Å². The van der Waals surface area contributed by atoms with Gasteiger partial charge in [-0.15, -0.1) is 0 Å². The van der Waals surface area contributed by atoms with E-state index >= 15 is 0 Å². The quantitative estimate of drug-likeness (QED) is 0.802. The monoisotopic (exact) mass is 319 g/mol. The van der Waals surface area contributed by atoms with Crippen LogP contribution < -0.4 is 0 Å². The van der Waals surface area contributed by atoms with Gasteiger partial charge in [-0.1, -0.05) is 0 Å². The highest BCUT2D eigenvalue weighted by molar-refractivity contribution is 9.10. The van der Waals surface area contributed by atoms with Crippen molar-refractivity contribution in [2.24, 2.45) is 0 Å². The van der Waals surface area contributed by atoms with Crippen molar-refractivity contribution < 1.29 is 13.2 Å². The van der Waals surface area contributed by atoms with Gasteiger partial charge in [0.1, 0.15) is 5.69 Å². The number of rotatable bonds is 1. The van der Waals surface area contributed by atoms with Crippen LogP contribution in [0.1, 0.15) is 35.8 Å². The predicted octanol–water partition coefficient (Wildman–Crippen LogP) is 3.70. The summed E-state index contributed by atoms with van der Waals surface area (Å²) in [6.45, 7) is 1.65. The Morgan fingerprint density at radius 3 is 2.61 bits per heavy atom. The number of aryl methyl sites for hydroxylation is 1. The van der Waals surface area contributed by atoms with E-state index in [2.05, 4.69) is 26.0 Å². The normalized spacial score (nSPS) is 16.5. The summed E-state index contributed by atoms with van der Waals surface area (Å²) in [5, 5.41) is 3.89. The highest BCUT2D eigenvalue weighted by atomic mass is 79.9. The van der Waals surface area contributed by atoms with E-state index in [4.69, 9.17) is 0 Å². The predicted molar refractivity (Wildman–Crippen MR) is 62.4 cm³/mol. The Morgan fingerprint density at radius 1 is 1.39 bits per heavy atom. The molecule has 2 heterocycles. The van der Waals surface area contributed by atoms with Gasteiger partial charge in [-0.2, -0.15) is 18.3 Å². The van der Waals surface area contributed by atoms with E-state index in [-0.39, 0.29) is 11.6 Å². The van der Waals surface area contributed by atoms with Gasteiger partial charge in [-0.05, 0) is 41.8 Å². The van der Waals surface area contributed by atoms with Gasteiger partial charge in [0.15, 0.2) is 5.65 Å². The van der Waals surface area contributed by atoms with Crippen LogP contribution in [0.2, 0.25) is 0 Å². The molecule has 0 aliphatic heterocycles. The van der Waals surface area contributed by atoms with Crippen molar-refractivity contribution in [3.05, 3.63) is 27.6 Å². The van der Waals surface area contributed by atoms with Crippen molar-refractivity contribution in [3.63, 3.8) is 0 Å². The SMILES string of the molecule is Cc1nn2c(C(F)(F)F)cc(C3CC3)nc2c1Br. The van der Waals surface area contributed by atoms with Crippen molar-refractivity contribution >= 4 is 21.6 Å². The summed E-state index contributed by atoms with van der Waals surface area (Å²) in [4.78, 5) is 4.29. The third-order valence-electron chi connectivity index (χ3n) is 3.00. The number of fused-ring (bicyclic) bond motifs is 1. The van der Waals surface area contributed by atoms with Gasteiger partial charge >= 0.3 is 6.18 Å². The molecule has 0 saturated heterocycles. The maximum atomic E-state index is 13.0. The zero-order valence-corrected chi connectivity index (χ0v) is 11.0. The third-order valence-corrected chi connectivity index (χ3v) is 3.93. The fraction of sp³-hybridized carbons (Fsp3) is 0.455. The molecule has 2 aromatic rings. The summed E-state index contributed by atoms with van der Waals surface area (Å²) < 4.78 is 40.4. The van der Waals surface area contributed by atoms with E-state index in [0.717, 1.165) is 23.4 Å². The number of aromatic nitrogens is 3. The highest BCUT2D eigenvalue weighted by Gasteiger charge is 2.37. The van der Waals surface area contributed by atoms with Gasteiger partial charge in [0.25, 0.3) is 0 Å². The first kappa shape index (κ1) is 12.0. The molecule has 0 spiro atoms. The van der Waals surface area contributed by atoms with Gasteiger partial charge in [0, 0.05) is 11.6 Å². The zero-order chi connectivity index (χ0) is 13.1. The Balaban J connectivity index is 2.34. The molecular weight excluding hydrogens is 311 g/mol. The number of halogens is 4. The lowest BCUT2D eigenvalue weighted by Crippen LogP contribution is -2.14. The number of hydrogen-bond acceptors (Lipinski definition) is 2. The van der Waals surface area contributed by atoms with E-state index in [1.54, 1.807) is 6.92 Å². The molecule has 0 N–H and O–H groups in total. The molecule has 2 aromatic heterocycles. The minimum absolute atomic E-state index is 0.165. The van der Waals surface area contributed by atoms with Crippen molar-refractivity contribution in [2.75, 3.05) is 0 Å². The van der Waals surface area contributed by atoms with Crippen LogP contribution in [0.15, 0.2) is 10.5 Å². The van der Waals surface area contributed by atoms with Gasteiger partial charge in [0.2, 0.25) is 0 Å². The Hall–Kier alpha value is -1.11. The third kappa shape index (κ3) is 1.81. The maximum Gasteiger partial charge on any atom is 0.433 e. The lowest BCUT2D eigenvalue weighted by atomic mass is 10.2. The van der Waals surface area contributed by atoms with Gasteiger partial charge < -0.3 is 0 Å². The average Bonchev–Trinajstić information content (AvgIpc) is 3.06. The largest absolute Gasteiger partial charge is 0.433 e. The second-order valence-corrected chi connectivity index (χ2v) is 5.27. The molecule has 1 saturated carbocycles. The zero-order valence-electron chi connectivity index (χ0n) is 9.42. The Kier molecular flexibility index (Phi) is 2.45. The van der Waals surface area contributed by atoms with Crippen molar-refractivity contribution in [1.82, 2.24) is 14.6 Å². The molecule has 0 aromatic carbocycles. The molecule has 3 rings (SSSR count). The molecule has 0 radical (unpaired) electrons. The summed E-state index contributed by atoms with van der Waals surface area (Å²) in [5.41, 5.74) is 0.490. The second kappa shape index (κ2) is 3.69. The smallest absolute Gasteiger partial charge is 0.232 e. The minimum Gasteiger partial charge on any atom is -0.232 e. The molecule has 0 unspecified atom stereocenters. The fourth-order valence-electron chi connectivity index (χ4n) is 1.91. The summed E-state index contributed by atoms with van der Waals surface area (Å²) in [6.07, 6.45) is -2.61. The van der Waals surface area contributed by atoms with Crippen LogP contribution in [0.4, 0.5) is 13.2 Å². The molecule has 96 valence electrons. The molecule has 0 atom stereocenters. The Bertz CT molecular complexity index is 628. The molecule has 1 aliphatic rings. The molecule has 3 nitrogen and oxygen atoms in total. The summed E-state index contributed by atoms with van der Waals surface area (Å²) in [6, 6.07) is 1.11. The van der Waals surface area contributed by atoms with Crippen molar-refractivity contribution in [2.45, 2.75) is 31.9 Å². The fourth-order valence-corrected chi connectivity index (χ4v) is 2.24. The van der Waals surface area contributed by atoms with Crippen LogP contribution >= 0.6 is 15.9 Å². The molecule has 0 amide bonds. The van der Waals surface area contributed by atoms with E-state index in [1.807, 2.05) is 0 Å². The van der Waals surface area contributed by atoms with Crippen LogP contribution in [0.3, 0.4) is 0 Å². The standard InChI is InChI=1S/C11H9BrF3N3/c1-5-9(12)10-16-7(6-2-3-6)4-8(11(13,14)15)18(10)17-5/h4,6H,2-3H2,1H3. The molecule has 0 bridgehead atoms. The highest BCUT2D eigenvalue weighted by Crippen LogP contribution is 2.41. The van der Waals surface area contributed by atoms with Crippen LogP contribution in [0.25, 0.3) is 5.65 Å². The first-order chi connectivity index (χ1) is 8.38. The van der Waals surface area contributed by atoms with Gasteiger partial charge in [0.05, 0.1) is 10.2 Å². The van der Waals surface area contributed by atoms with E-state index in [1.165, 1.54) is 0 Å². The Morgan fingerprint density at radius 2 is 2.06 bits per heavy atom. The Labute approximate surface area is 109 Å². The average molecular weight is 320 g/mol. The van der Waals surface area contributed by atoms with Crippen molar-refractivity contribution in [3.8, 4) is 0 Å². The van der Waals surface area contributed by atoms with E-state index in [9.17, 15) is 13.2 Å². The molecule has 1 aliphatic carbocycles. The van der Waals surface area contributed by atoms with Crippen molar-refractivity contribution in [1.29, 1.82) is 0 Å². The number of nitrogens with zero attached hydrogens (tertiary/aromatic N) is 3. The van der Waals surface area contributed by atoms with Crippen LogP contribution in [-0.2, 0) is 6.18 Å². The van der Waals surface area contributed by atoms with Gasteiger partial charge in [-0.3, -0.25) is 0 Å². The summed E-state index contributed by atoms with van der Waals surface area (Å²) in [7, 11) is 0.